The Morgan fingerprint density at radius 3 is 2.45 bits per heavy atom. The lowest BCUT2D eigenvalue weighted by Gasteiger charge is -2.18. The smallest absolute Gasteiger partial charge is 0.387 e. The Balaban J connectivity index is 1.60. The standard InChI is InChI=1S/C22H22F2N4O3/c1-14-18(21(30)27-20(26-14)16-9-11-25-12-10-16)7-8-19(29)28(2)13-15-3-5-17(6-4-15)31-22(23)24/h3-6,9-12,22H,7-8,13H2,1-2H3,(H,26,27,30). The molecule has 0 aliphatic heterocycles. The molecule has 9 heteroatoms. The third-order valence-electron chi connectivity index (χ3n) is 4.76. The first-order chi connectivity index (χ1) is 14.8. The third kappa shape index (κ3) is 5.94. The van der Waals surface area contributed by atoms with E-state index in [1.807, 2.05) is 0 Å². The highest BCUT2D eigenvalue weighted by Gasteiger charge is 2.14. The number of H-pyrrole nitrogens is 1. The first kappa shape index (κ1) is 22.1. The van der Waals surface area contributed by atoms with Crippen LogP contribution in [-0.2, 0) is 17.8 Å². The number of carbonyl (C=O) groups excluding carboxylic acids is 1. The van der Waals surface area contributed by atoms with E-state index in [1.54, 1.807) is 50.6 Å². The predicted octanol–water partition coefficient (Wildman–Crippen LogP) is 3.33. The molecule has 2 heterocycles. The second-order valence-electron chi connectivity index (χ2n) is 6.99. The van der Waals surface area contributed by atoms with Crippen molar-refractivity contribution in [3.63, 3.8) is 0 Å². The average molecular weight is 428 g/mol. The van der Waals surface area contributed by atoms with Crippen molar-refractivity contribution in [2.45, 2.75) is 32.9 Å². The van der Waals surface area contributed by atoms with E-state index < -0.39 is 6.61 Å². The zero-order valence-electron chi connectivity index (χ0n) is 17.1. The maximum Gasteiger partial charge on any atom is 0.387 e. The summed E-state index contributed by atoms with van der Waals surface area (Å²) in [5.74, 6) is 0.367. The third-order valence-corrected chi connectivity index (χ3v) is 4.76. The molecular formula is C22H22F2N4O3. The molecule has 2 aromatic heterocycles. The molecule has 1 aromatic carbocycles. The minimum atomic E-state index is -2.88. The number of ether oxygens (including phenoxy) is 1. The van der Waals surface area contributed by atoms with Crippen molar-refractivity contribution in [1.82, 2.24) is 19.9 Å². The van der Waals surface area contributed by atoms with Gasteiger partial charge in [-0.1, -0.05) is 12.1 Å². The Morgan fingerprint density at radius 2 is 1.84 bits per heavy atom. The number of alkyl halides is 2. The van der Waals surface area contributed by atoms with Gasteiger partial charge in [0.25, 0.3) is 5.56 Å². The Labute approximate surface area is 177 Å². The average Bonchev–Trinajstić information content (AvgIpc) is 2.74. The topological polar surface area (TPSA) is 88.2 Å². The number of halogens is 2. The van der Waals surface area contributed by atoms with Crippen LogP contribution in [0.25, 0.3) is 11.4 Å². The largest absolute Gasteiger partial charge is 0.435 e. The van der Waals surface area contributed by atoms with Crippen LogP contribution >= 0.6 is 0 Å². The van der Waals surface area contributed by atoms with Crippen LogP contribution < -0.4 is 10.3 Å². The Kier molecular flexibility index (Phi) is 7.07. The summed E-state index contributed by atoms with van der Waals surface area (Å²) in [6, 6.07) is 9.61. The Morgan fingerprint density at radius 1 is 1.16 bits per heavy atom. The van der Waals surface area contributed by atoms with Crippen LogP contribution in [0, 0.1) is 6.92 Å². The minimum Gasteiger partial charge on any atom is -0.435 e. The van der Waals surface area contributed by atoms with Gasteiger partial charge in [-0.3, -0.25) is 14.6 Å². The first-order valence-electron chi connectivity index (χ1n) is 9.61. The number of aromatic nitrogens is 3. The second-order valence-corrected chi connectivity index (χ2v) is 6.99. The molecule has 31 heavy (non-hydrogen) atoms. The van der Waals surface area contributed by atoms with Crippen molar-refractivity contribution in [1.29, 1.82) is 0 Å². The van der Waals surface area contributed by atoms with E-state index in [0.29, 0.717) is 23.6 Å². The van der Waals surface area contributed by atoms with E-state index in [2.05, 4.69) is 19.7 Å². The molecule has 0 saturated carbocycles. The summed E-state index contributed by atoms with van der Waals surface area (Å²) in [6.07, 6.45) is 3.64. The number of nitrogens with one attached hydrogen (secondary N) is 1. The molecule has 0 aliphatic rings. The van der Waals surface area contributed by atoms with Crippen LogP contribution in [0.5, 0.6) is 5.75 Å². The van der Waals surface area contributed by atoms with Gasteiger partial charge in [0.1, 0.15) is 11.6 Å². The van der Waals surface area contributed by atoms with Gasteiger partial charge in [0.15, 0.2) is 0 Å². The molecule has 162 valence electrons. The number of benzene rings is 1. The molecule has 0 radical (unpaired) electrons. The summed E-state index contributed by atoms with van der Waals surface area (Å²) in [5.41, 5.74) is 2.29. The summed E-state index contributed by atoms with van der Waals surface area (Å²) in [4.78, 5) is 37.7. The molecular weight excluding hydrogens is 406 g/mol. The fourth-order valence-corrected chi connectivity index (χ4v) is 3.11. The quantitative estimate of drug-likeness (QED) is 0.595. The van der Waals surface area contributed by atoms with Crippen molar-refractivity contribution in [3.8, 4) is 17.1 Å². The zero-order valence-corrected chi connectivity index (χ0v) is 17.1. The normalized spacial score (nSPS) is 10.9. The molecule has 1 amide bonds. The minimum absolute atomic E-state index is 0.0603. The summed E-state index contributed by atoms with van der Waals surface area (Å²) in [6.45, 7) is -0.829. The number of hydrogen-bond donors (Lipinski definition) is 1. The van der Waals surface area contributed by atoms with Crippen LogP contribution in [0.1, 0.15) is 23.2 Å². The second kappa shape index (κ2) is 9.92. The van der Waals surface area contributed by atoms with Gasteiger partial charge >= 0.3 is 6.61 Å². The Hall–Kier alpha value is -3.62. The molecule has 0 unspecified atom stereocenters. The number of carbonyl (C=O) groups is 1. The lowest BCUT2D eigenvalue weighted by Crippen LogP contribution is -2.27. The van der Waals surface area contributed by atoms with Crippen LogP contribution in [0.3, 0.4) is 0 Å². The maximum atomic E-state index is 12.5. The fraction of sp³-hybridized carbons (Fsp3) is 0.273. The van der Waals surface area contributed by atoms with Crippen molar-refractivity contribution in [2.75, 3.05) is 7.05 Å². The molecule has 0 atom stereocenters. The molecule has 7 nitrogen and oxygen atoms in total. The maximum absolute atomic E-state index is 12.5. The fourth-order valence-electron chi connectivity index (χ4n) is 3.11. The number of pyridine rings is 1. The van der Waals surface area contributed by atoms with Gasteiger partial charge in [0.2, 0.25) is 5.91 Å². The van der Waals surface area contributed by atoms with Gasteiger partial charge in [0, 0.05) is 49.2 Å². The van der Waals surface area contributed by atoms with E-state index in [9.17, 15) is 18.4 Å². The van der Waals surface area contributed by atoms with Crippen LogP contribution in [0.2, 0.25) is 0 Å². The Bertz CT molecular complexity index is 1090. The number of nitrogens with zero attached hydrogens (tertiary/aromatic N) is 3. The summed E-state index contributed by atoms with van der Waals surface area (Å²) in [5, 5.41) is 0. The van der Waals surface area contributed by atoms with Crippen molar-refractivity contribution in [2.24, 2.45) is 0 Å². The molecule has 0 fully saturated rings. The van der Waals surface area contributed by atoms with Crippen LogP contribution in [0.15, 0.2) is 53.6 Å². The number of aromatic amines is 1. The van der Waals surface area contributed by atoms with Gasteiger partial charge in [-0.25, -0.2) is 4.98 Å². The zero-order chi connectivity index (χ0) is 22.4. The van der Waals surface area contributed by atoms with Gasteiger partial charge < -0.3 is 14.6 Å². The molecule has 0 bridgehead atoms. The van der Waals surface area contributed by atoms with E-state index in [0.717, 1.165) is 11.1 Å². The van der Waals surface area contributed by atoms with Crippen molar-refractivity contribution in [3.05, 3.63) is 76.0 Å². The van der Waals surface area contributed by atoms with E-state index in [-0.39, 0.29) is 30.1 Å². The summed E-state index contributed by atoms with van der Waals surface area (Å²) >= 11 is 0. The molecule has 3 rings (SSSR count). The number of rotatable bonds is 8. The van der Waals surface area contributed by atoms with Crippen molar-refractivity contribution >= 4 is 5.91 Å². The SMILES string of the molecule is Cc1nc(-c2ccncc2)[nH]c(=O)c1CCC(=O)N(C)Cc1ccc(OC(F)F)cc1. The molecule has 3 aromatic rings. The number of hydrogen-bond acceptors (Lipinski definition) is 5. The van der Waals surface area contributed by atoms with E-state index in [4.69, 9.17) is 0 Å². The van der Waals surface area contributed by atoms with Crippen LogP contribution in [0.4, 0.5) is 8.78 Å². The molecule has 0 aliphatic carbocycles. The van der Waals surface area contributed by atoms with E-state index in [1.165, 1.54) is 17.0 Å². The highest BCUT2D eigenvalue weighted by Crippen LogP contribution is 2.17. The number of amides is 1. The summed E-state index contributed by atoms with van der Waals surface area (Å²) in [7, 11) is 1.65. The van der Waals surface area contributed by atoms with Gasteiger partial charge in [-0.2, -0.15) is 8.78 Å². The monoisotopic (exact) mass is 428 g/mol. The van der Waals surface area contributed by atoms with Gasteiger partial charge in [-0.15, -0.1) is 0 Å². The molecule has 0 saturated heterocycles. The van der Waals surface area contributed by atoms with E-state index >= 15 is 0 Å². The molecule has 1 N–H and O–H groups in total. The lowest BCUT2D eigenvalue weighted by molar-refractivity contribution is -0.130. The first-order valence-corrected chi connectivity index (χ1v) is 9.61. The van der Waals surface area contributed by atoms with Gasteiger partial charge in [-0.05, 0) is 43.2 Å². The predicted molar refractivity (Wildman–Crippen MR) is 111 cm³/mol. The highest BCUT2D eigenvalue weighted by atomic mass is 19.3. The van der Waals surface area contributed by atoms with Crippen molar-refractivity contribution < 1.29 is 18.3 Å². The number of aryl methyl sites for hydroxylation is 1. The van der Waals surface area contributed by atoms with Gasteiger partial charge in [0.05, 0.1) is 0 Å². The highest BCUT2D eigenvalue weighted by molar-refractivity contribution is 5.76. The molecule has 0 spiro atoms. The lowest BCUT2D eigenvalue weighted by atomic mass is 10.1. The van der Waals surface area contributed by atoms with Crippen LogP contribution in [-0.4, -0.2) is 39.4 Å². The summed E-state index contributed by atoms with van der Waals surface area (Å²) < 4.78 is 28.8.